The summed E-state index contributed by atoms with van der Waals surface area (Å²) in [6.07, 6.45) is -0.310. The van der Waals surface area contributed by atoms with Gasteiger partial charge in [-0.25, -0.2) is 4.79 Å². The topological polar surface area (TPSA) is 94.2 Å². The van der Waals surface area contributed by atoms with Crippen molar-refractivity contribution in [2.75, 3.05) is 12.9 Å². The third-order valence-electron chi connectivity index (χ3n) is 8.89. The number of hydrogen-bond acceptors (Lipinski definition) is 7. The molecule has 0 bridgehead atoms. The molecule has 2 fully saturated rings. The third-order valence-corrected chi connectivity index (χ3v) is 14.8. The van der Waals surface area contributed by atoms with E-state index < -0.39 is 37.0 Å². The number of nitrogens with one attached hydrogen (secondary N) is 1. The molecule has 3 rings (SSSR count). The highest BCUT2D eigenvalue weighted by Crippen LogP contribution is 2.59. The molecule has 0 unspecified atom stereocenters. The van der Waals surface area contributed by atoms with Crippen molar-refractivity contribution in [3.8, 4) is 0 Å². The van der Waals surface area contributed by atoms with Crippen LogP contribution in [0, 0.1) is 11.8 Å². The molecule has 2 aliphatic rings. The van der Waals surface area contributed by atoms with E-state index in [1.807, 2.05) is 71.9 Å². The molecule has 42 heavy (non-hydrogen) atoms. The van der Waals surface area contributed by atoms with Gasteiger partial charge in [0.1, 0.15) is 11.6 Å². The quantitative estimate of drug-likeness (QED) is 0.247. The maximum absolute atomic E-state index is 14.0. The van der Waals surface area contributed by atoms with Gasteiger partial charge < -0.3 is 19.2 Å². The fourth-order valence-corrected chi connectivity index (χ4v) is 8.14. The second kappa shape index (κ2) is 12.5. The first-order valence-corrected chi connectivity index (χ1v) is 18.9. The van der Waals surface area contributed by atoms with Crippen LogP contribution in [-0.4, -0.2) is 72.7 Å². The van der Waals surface area contributed by atoms with E-state index in [0.717, 1.165) is 5.56 Å². The number of carbonyl (C=O) groups is 3. The maximum Gasteiger partial charge on any atom is 0.412 e. The number of carbonyl (C=O) groups excluding carboxylic acids is 3. The first-order valence-electron chi connectivity index (χ1n) is 15.0. The minimum Gasteiger partial charge on any atom is -0.469 e. The highest BCUT2D eigenvalue weighted by Gasteiger charge is 2.62. The molecule has 1 aliphatic carbocycles. The second-order valence-electron chi connectivity index (χ2n) is 14.6. The standard InChI is InChI=1S/C32H52N2O6SSi/c1-13-21(33-27(35)22-19-41-32(8,9)34(22)29(37)39-30(2,3)4)26(40-42(11,12)31(5,6)7)24-23(25(24)28(36)38-10)20-17-15-14-16-18-20/h14-18,21-26H,13,19H2,1-12H3,(H,33,35)/t21-,22-,23-,24-,25+,26+/m0/s1. The van der Waals surface area contributed by atoms with Gasteiger partial charge in [0.2, 0.25) is 5.91 Å². The molecule has 1 aromatic carbocycles. The molecule has 0 spiro atoms. The van der Waals surface area contributed by atoms with Crippen LogP contribution < -0.4 is 5.32 Å². The normalized spacial score (nSPS) is 25.4. The van der Waals surface area contributed by atoms with Crippen LogP contribution in [0.15, 0.2) is 30.3 Å². The van der Waals surface area contributed by atoms with Gasteiger partial charge in [0.25, 0.3) is 0 Å². The zero-order valence-electron chi connectivity index (χ0n) is 27.6. The van der Waals surface area contributed by atoms with Crippen molar-refractivity contribution in [2.45, 2.75) is 121 Å². The Morgan fingerprint density at radius 1 is 1.10 bits per heavy atom. The van der Waals surface area contributed by atoms with Crippen LogP contribution in [0.4, 0.5) is 4.79 Å². The molecule has 0 radical (unpaired) electrons. The fourth-order valence-electron chi connectivity index (χ4n) is 5.58. The van der Waals surface area contributed by atoms with Gasteiger partial charge >= 0.3 is 12.1 Å². The van der Waals surface area contributed by atoms with Crippen LogP contribution in [0.1, 0.15) is 80.2 Å². The second-order valence-corrected chi connectivity index (χ2v) is 20.9. The highest BCUT2D eigenvalue weighted by molar-refractivity contribution is 8.00. The van der Waals surface area contributed by atoms with Crippen LogP contribution >= 0.6 is 11.8 Å². The summed E-state index contributed by atoms with van der Waals surface area (Å²) in [6.45, 7) is 22.3. The first-order chi connectivity index (χ1) is 19.3. The molecule has 1 aromatic rings. The number of esters is 1. The molecule has 1 aliphatic heterocycles. The Bertz CT molecular complexity index is 1130. The summed E-state index contributed by atoms with van der Waals surface area (Å²) in [7, 11) is -0.907. The zero-order valence-corrected chi connectivity index (χ0v) is 29.4. The first kappa shape index (κ1) is 34.4. The molecular formula is C32H52N2O6SSi. The lowest BCUT2D eigenvalue weighted by atomic mass is 9.99. The van der Waals surface area contributed by atoms with Gasteiger partial charge in [-0.3, -0.25) is 14.5 Å². The van der Waals surface area contributed by atoms with Crippen molar-refractivity contribution in [3.63, 3.8) is 0 Å². The van der Waals surface area contributed by atoms with E-state index in [0.29, 0.717) is 12.2 Å². The number of amides is 2. The molecule has 1 N–H and O–H groups in total. The summed E-state index contributed by atoms with van der Waals surface area (Å²) in [5, 5.41) is 3.20. The van der Waals surface area contributed by atoms with Gasteiger partial charge in [0, 0.05) is 17.6 Å². The number of methoxy groups -OCH3 is 1. The Morgan fingerprint density at radius 3 is 2.19 bits per heavy atom. The lowest BCUT2D eigenvalue weighted by Crippen LogP contribution is -2.58. The average molecular weight is 621 g/mol. The van der Waals surface area contributed by atoms with Crippen molar-refractivity contribution in [3.05, 3.63) is 35.9 Å². The van der Waals surface area contributed by atoms with Crippen molar-refractivity contribution < 1.29 is 28.3 Å². The molecule has 2 amide bonds. The minimum atomic E-state index is -2.33. The molecule has 0 aromatic heterocycles. The largest absolute Gasteiger partial charge is 0.469 e. The molecule has 6 atom stereocenters. The minimum absolute atomic E-state index is 0.0707. The molecule has 236 valence electrons. The predicted octanol–water partition coefficient (Wildman–Crippen LogP) is 6.56. The zero-order chi connectivity index (χ0) is 31.8. The van der Waals surface area contributed by atoms with E-state index in [1.54, 1.807) is 16.7 Å². The molecule has 10 heteroatoms. The van der Waals surface area contributed by atoms with Gasteiger partial charge in [-0.15, -0.1) is 11.8 Å². The summed E-state index contributed by atoms with van der Waals surface area (Å²) in [6, 6.07) is 8.94. The fraction of sp³-hybridized carbons (Fsp3) is 0.719. The SMILES string of the molecule is CC[C@H](NC(=O)[C@@H]1CSC(C)(C)N1C(=O)OC(C)(C)C)[C@@H](O[Si](C)(C)C(C)(C)C)[C@@H]1[C@H](C(=O)OC)[C@H]1c1ccccc1. The number of hydrogen-bond donors (Lipinski definition) is 1. The van der Waals surface area contributed by atoms with E-state index in [-0.39, 0.29) is 40.7 Å². The van der Waals surface area contributed by atoms with E-state index in [1.165, 1.54) is 7.11 Å². The number of benzene rings is 1. The summed E-state index contributed by atoms with van der Waals surface area (Å²) < 4.78 is 18.1. The van der Waals surface area contributed by atoms with Gasteiger partial charge in [0.05, 0.1) is 30.0 Å². The molecule has 1 saturated carbocycles. The van der Waals surface area contributed by atoms with Crippen molar-refractivity contribution in [1.29, 1.82) is 0 Å². The highest BCUT2D eigenvalue weighted by atomic mass is 32.2. The van der Waals surface area contributed by atoms with Gasteiger partial charge in [-0.1, -0.05) is 58.0 Å². The van der Waals surface area contributed by atoms with Crippen LogP contribution in [0.25, 0.3) is 0 Å². The molecule has 1 heterocycles. The van der Waals surface area contributed by atoms with Crippen LogP contribution in [-0.2, 0) is 23.5 Å². The predicted molar refractivity (Wildman–Crippen MR) is 171 cm³/mol. The Kier molecular flexibility index (Phi) is 10.3. The smallest absolute Gasteiger partial charge is 0.412 e. The van der Waals surface area contributed by atoms with Crippen molar-refractivity contribution >= 4 is 38.0 Å². The Morgan fingerprint density at radius 2 is 1.69 bits per heavy atom. The number of thioether (sulfide) groups is 1. The monoisotopic (exact) mass is 620 g/mol. The molecule has 8 nitrogen and oxygen atoms in total. The Labute approximate surface area is 258 Å². The summed E-state index contributed by atoms with van der Waals surface area (Å²) >= 11 is 1.56. The van der Waals surface area contributed by atoms with Crippen LogP contribution in [0.3, 0.4) is 0 Å². The van der Waals surface area contributed by atoms with Crippen LogP contribution in [0.2, 0.25) is 18.1 Å². The summed E-state index contributed by atoms with van der Waals surface area (Å²) in [4.78, 5) is 41.3. The van der Waals surface area contributed by atoms with Gasteiger partial charge in [-0.2, -0.15) is 0 Å². The van der Waals surface area contributed by atoms with Crippen LogP contribution in [0.5, 0.6) is 0 Å². The average Bonchev–Trinajstić information content (AvgIpc) is 3.52. The number of nitrogens with zero attached hydrogens (tertiary/aromatic N) is 1. The number of ether oxygens (including phenoxy) is 2. The maximum atomic E-state index is 14.0. The van der Waals surface area contributed by atoms with Crippen molar-refractivity contribution in [2.24, 2.45) is 11.8 Å². The van der Waals surface area contributed by atoms with Crippen molar-refractivity contribution in [1.82, 2.24) is 10.2 Å². The molecule has 1 saturated heterocycles. The number of rotatable bonds is 9. The Balaban J connectivity index is 1.97. The summed E-state index contributed by atoms with van der Waals surface area (Å²) in [5.74, 6) is -0.625. The van der Waals surface area contributed by atoms with Gasteiger partial charge in [-0.05, 0) is 64.7 Å². The van der Waals surface area contributed by atoms with E-state index in [9.17, 15) is 14.4 Å². The van der Waals surface area contributed by atoms with Gasteiger partial charge in [0.15, 0.2) is 8.32 Å². The van der Waals surface area contributed by atoms with E-state index >= 15 is 0 Å². The molecular weight excluding hydrogens is 569 g/mol. The summed E-state index contributed by atoms with van der Waals surface area (Å²) in [5.41, 5.74) is 0.379. The lowest BCUT2D eigenvalue weighted by molar-refractivity contribution is -0.143. The lowest BCUT2D eigenvalue weighted by Gasteiger charge is -2.42. The van der Waals surface area contributed by atoms with E-state index in [4.69, 9.17) is 13.9 Å². The third kappa shape index (κ3) is 7.53. The van der Waals surface area contributed by atoms with E-state index in [2.05, 4.69) is 39.2 Å². The Hall–Kier alpha value is -2.04.